The summed E-state index contributed by atoms with van der Waals surface area (Å²) < 4.78 is 7.24. The molecular formula is C20H25IN6O. The van der Waals surface area contributed by atoms with Crippen LogP contribution in [0.3, 0.4) is 0 Å². The standard InChI is InChI=1S/C20H24N6O.HI/c1-21-20(22-13-19-24-23-18-5-3-4-11-26(18)19)25-12-10-16(14-25)15-6-8-17(27-2)9-7-15;/h3-9,11,16H,10,12-14H2,1-2H3,(H,21,22);1H. The smallest absolute Gasteiger partial charge is 0.194 e. The number of halogens is 1. The first-order chi connectivity index (χ1) is 13.3. The third-order valence-corrected chi connectivity index (χ3v) is 5.08. The van der Waals surface area contributed by atoms with Gasteiger partial charge in [0.1, 0.15) is 5.75 Å². The number of guanidine groups is 1. The van der Waals surface area contributed by atoms with Crippen LogP contribution in [-0.4, -0.2) is 52.7 Å². The molecule has 1 unspecified atom stereocenters. The number of nitrogens with zero attached hydrogens (tertiary/aromatic N) is 5. The molecule has 1 aliphatic heterocycles. The number of aliphatic imine (C=N–C) groups is 1. The van der Waals surface area contributed by atoms with Gasteiger partial charge in [-0.15, -0.1) is 34.2 Å². The van der Waals surface area contributed by atoms with Crippen molar-refractivity contribution in [1.29, 1.82) is 0 Å². The van der Waals surface area contributed by atoms with Gasteiger partial charge in [0.05, 0.1) is 13.7 Å². The van der Waals surface area contributed by atoms with Crippen LogP contribution in [0.25, 0.3) is 5.65 Å². The van der Waals surface area contributed by atoms with Gasteiger partial charge < -0.3 is 15.0 Å². The Kier molecular flexibility index (Phi) is 6.71. The summed E-state index contributed by atoms with van der Waals surface area (Å²) in [6.45, 7) is 2.52. The van der Waals surface area contributed by atoms with E-state index in [0.717, 1.165) is 42.7 Å². The van der Waals surface area contributed by atoms with E-state index in [0.29, 0.717) is 12.5 Å². The van der Waals surface area contributed by atoms with Crippen LogP contribution in [0.15, 0.2) is 53.7 Å². The van der Waals surface area contributed by atoms with Crippen LogP contribution in [-0.2, 0) is 6.54 Å². The summed E-state index contributed by atoms with van der Waals surface area (Å²) in [6, 6.07) is 14.3. The van der Waals surface area contributed by atoms with Crippen molar-refractivity contribution in [1.82, 2.24) is 24.8 Å². The number of rotatable bonds is 4. The number of aromatic nitrogens is 3. The first kappa shape index (κ1) is 20.4. The number of ether oxygens (including phenoxy) is 1. The molecule has 1 atom stereocenters. The second-order valence-electron chi connectivity index (χ2n) is 6.65. The molecule has 0 radical (unpaired) electrons. The summed E-state index contributed by atoms with van der Waals surface area (Å²) in [5.41, 5.74) is 2.20. The van der Waals surface area contributed by atoms with Crippen molar-refractivity contribution in [2.24, 2.45) is 4.99 Å². The van der Waals surface area contributed by atoms with Crippen molar-refractivity contribution in [3.05, 3.63) is 60.0 Å². The van der Waals surface area contributed by atoms with Crippen LogP contribution in [0.2, 0.25) is 0 Å². The van der Waals surface area contributed by atoms with Crippen molar-refractivity contribution in [2.45, 2.75) is 18.9 Å². The number of nitrogens with one attached hydrogen (secondary N) is 1. The predicted octanol–water partition coefficient (Wildman–Crippen LogP) is 2.92. The number of hydrogen-bond donors (Lipinski definition) is 1. The van der Waals surface area contributed by atoms with E-state index in [1.807, 2.05) is 48.0 Å². The molecule has 8 heteroatoms. The fraction of sp³-hybridized carbons (Fsp3) is 0.350. The van der Waals surface area contributed by atoms with E-state index in [1.54, 1.807) is 7.11 Å². The Morgan fingerprint density at radius 1 is 1.21 bits per heavy atom. The molecule has 0 spiro atoms. The number of fused-ring (bicyclic) bond motifs is 1. The van der Waals surface area contributed by atoms with Crippen LogP contribution in [0.4, 0.5) is 0 Å². The van der Waals surface area contributed by atoms with Gasteiger partial charge in [-0.1, -0.05) is 18.2 Å². The minimum absolute atomic E-state index is 0. The fourth-order valence-corrected chi connectivity index (χ4v) is 3.60. The third kappa shape index (κ3) is 4.21. The normalized spacial score (nSPS) is 16.9. The van der Waals surface area contributed by atoms with Crippen molar-refractivity contribution in [2.75, 3.05) is 27.2 Å². The highest BCUT2D eigenvalue weighted by molar-refractivity contribution is 14.0. The molecule has 4 rings (SSSR count). The molecule has 1 saturated heterocycles. The summed E-state index contributed by atoms with van der Waals surface area (Å²) in [6.07, 6.45) is 3.09. The third-order valence-electron chi connectivity index (χ3n) is 5.08. The van der Waals surface area contributed by atoms with Crippen molar-refractivity contribution in [3.8, 4) is 5.75 Å². The second kappa shape index (κ2) is 9.22. The molecular weight excluding hydrogens is 467 g/mol. The average molecular weight is 492 g/mol. The molecule has 3 aromatic rings. The number of hydrogen-bond acceptors (Lipinski definition) is 4. The molecule has 1 N–H and O–H groups in total. The van der Waals surface area contributed by atoms with Crippen LogP contribution in [0.5, 0.6) is 5.75 Å². The van der Waals surface area contributed by atoms with Crippen LogP contribution in [0, 0.1) is 0 Å². The largest absolute Gasteiger partial charge is 0.497 e. The maximum atomic E-state index is 5.25. The van der Waals surface area contributed by atoms with E-state index in [2.05, 4.69) is 37.5 Å². The molecule has 0 saturated carbocycles. The lowest BCUT2D eigenvalue weighted by Gasteiger charge is -2.21. The summed E-state index contributed by atoms with van der Waals surface area (Å²) >= 11 is 0. The van der Waals surface area contributed by atoms with E-state index < -0.39 is 0 Å². The zero-order chi connectivity index (χ0) is 18.6. The quantitative estimate of drug-likeness (QED) is 0.345. The zero-order valence-corrected chi connectivity index (χ0v) is 18.4. The maximum Gasteiger partial charge on any atom is 0.194 e. The SMILES string of the molecule is CN=C(NCc1nnc2ccccn12)N1CCC(c2ccc(OC)cc2)C1.I. The van der Waals surface area contributed by atoms with E-state index in [9.17, 15) is 0 Å². The maximum absolute atomic E-state index is 5.25. The molecule has 148 valence electrons. The summed E-state index contributed by atoms with van der Waals surface area (Å²) in [7, 11) is 3.52. The molecule has 7 nitrogen and oxygen atoms in total. The van der Waals surface area contributed by atoms with Gasteiger partial charge in [0.25, 0.3) is 0 Å². The highest BCUT2D eigenvalue weighted by atomic mass is 127. The Labute approximate surface area is 181 Å². The van der Waals surface area contributed by atoms with Gasteiger partial charge in [-0.05, 0) is 36.2 Å². The number of benzene rings is 1. The van der Waals surface area contributed by atoms with Gasteiger partial charge in [-0.3, -0.25) is 9.39 Å². The summed E-state index contributed by atoms with van der Waals surface area (Å²) in [5, 5.41) is 11.9. The first-order valence-electron chi connectivity index (χ1n) is 9.16. The molecule has 1 aromatic carbocycles. The molecule has 2 aromatic heterocycles. The van der Waals surface area contributed by atoms with Gasteiger partial charge in [-0.25, -0.2) is 0 Å². The first-order valence-corrected chi connectivity index (χ1v) is 9.16. The molecule has 0 amide bonds. The van der Waals surface area contributed by atoms with E-state index in [4.69, 9.17) is 4.74 Å². The van der Waals surface area contributed by atoms with Crippen LogP contribution < -0.4 is 10.1 Å². The van der Waals surface area contributed by atoms with Gasteiger partial charge >= 0.3 is 0 Å². The van der Waals surface area contributed by atoms with Crippen molar-refractivity contribution >= 4 is 35.6 Å². The zero-order valence-electron chi connectivity index (χ0n) is 16.1. The lowest BCUT2D eigenvalue weighted by atomic mass is 9.98. The molecule has 1 fully saturated rings. The van der Waals surface area contributed by atoms with Crippen molar-refractivity contribution in [3.63, 3.8) is 0 Å². The predicted molar refractivity (Wildman–Crippen MR) is 121 cm³/mol. The molecule has 1 aliphatic rings. The van der Waals surface area contributed by atoms with E-state index >= 15 is 0 Å². The highest BCUT2D eigenvalue weighted by Crippen LogP contribution is 2.28. The molecule has 0 bridgehead atoms. The van der Waals surface area contributed by atoms with Gasteiger partial charge in [-0.2, -0.15) is 0 Å². The van der Waals surface area contributed by atoms with E-state index in [-0.39, 0.29) is 24.0 Å². The highest BCUT2D eigenvalue weighted by Gasteiger charge is 2.26. The molecule has 28 heavy (non-hydrogen) atoms. The lowest BCUT2D eigenvalue weighted by Crippen LogP contribution is -2.39. The van der Waals surface area contributed by atoms with Crippen LogP contribution in [0.1, 0.15) is 23.7 Å². The van der Waals surface area contributed by atoms with Gasteiger partial charge in [0.15, 0.2) is 17.4 Å². The second-order valence-corrected chi connectivity index (χ2v) is 6.65. The minimum atomic E-state index is 0. The number of likely N-dealkylation sites (tertiary alicyclic amines) is 1. The topological polar surface area (TPSA) is 67.0 Å². The summed E-state index contributed by atoms with van der Waals surface area (Å²) in [4.78, 5) is 6.76. The van der Waals surface area contributed by atoms with E-state index in [1.165, 1.54) is 5.56 Å². The Hall–Kier alpha value is -2.36. The average Bonchev–Trinajstić information content (AvgIpc) is 3.36. The minimum Gasteiger partial charge on any atom is -0.497 e. The van der Waals surface area contributed by atoms with Gasteiger partial charge in [0, 0.05) is 32.3 Å². The molecule has 3 heterocycles. The van der Waals surface area contributed by atoms with Gasteiger partial charge in [0.2, 0.25) is 0 Å². The summed E-state index contributed by atoms with van der Waals surface area (Å²) in [5.74, 6) is 3.17. The number of methoxy groups -OCH3 is 1. The lowest BCUT2D eigenvalue weighted by molar-refractivity contribution is 0.414. The number of pyridine rings is 1. The Balaban J connectivity index is 0.00000225. The Bertz CT molecular complexity index is 939. The van der Waals surface area contributed by atoms with Crippen molar-refractivity contribution < 1.29 is 4.74 Å². The molecule has 0 aliphatic carbocycles. The monoisotopic (exact) mass is 492 g/mol. The Morgan fingerprint density at radius 3 is 2.79 bits per heavy atom. The Morgan fingerprint density at radius 2 is 2.04 bits per heavy atom. The fourth-order valence-electron chi connectivity index (χ4n) is 3.60. The van der Waals surface area contributed by atoms with Crippen LogP contribution >= 0.6 is 24.0 Å².